The topological polar surface area (TPSA) is 52.6 Å². The highest BCUT2D eigenvalue weighted by Crippen LogP contribution is 2.37. The zero-order valence-electron chi connectivity index (χ0n) is 14.9. The number of benzene rings is 2. The van der Waals surface area contributed by atoms with Gasteiger partial charge in [0.2, 0.25) is 0 Å². The number of urea groups is 1. The average molecular weight is 349 g/mol. The summed E-state index contributed by atoms with van der Waals surface area (Å²) in [4.78, 5) is 30.3. The van der Waals surface area contributed by atoms with Crippen LogP contribution in [0.5, 0.6) is 0 Å². The minimum atomic E-state index is -1.15. The summed E-state index contributed by atoms with van der Waals surface area (Å²) in [7, 11) is 2.07. The highest BCUT2D eigenvalue weighted by molar-refractivity contribution is 6.09. The Morgan fingerprint density at radius 2 is 1.38 bits per heavy atom. The van der Waals surface area contributed by atoms with E-state index in [4.69, 9.17) is 0 Å². The second-order valence-corrected chi connectivity index (χ2v) is 7.12. The monoisotopic (exact) mass is 349 g/mol. The molecule has 0 spiro atoms. The van der Waals surface area contributed by atoms with Crippen molar-refractivity contribution in [3.05, 3.63) is 71.8 Å². The van der Waals surface area contributed by atoms with Gasteiger partial charge >= 0.3 is 6.03 Å². The number of rotatable bonds is 3. The number of piperidine rings is 1. The average Bonchev–Trinajstić information content (AvgIpc) is 2.95. The van der Waals surface area contributed by atoms with Gasteiger partial charge in [-0.3, -0.25) is 9.69 Å². The number of carbonyl (C=O) groups is 2. The van der Waals surface area contributed by atoms with Crippen LogP contribution in [0.2, 0.25) is 0 Å². The lowest BCUT2D eigenvalue weighted by molar-refractivity contribution is -0.132. The smallest absolute Gasteiger partial charge is 0.315 e. The largest absolute Gasteiger partial charge is 0.325 e. The van der Waals surface area contributed by atoms with Crippen LogP contribution in [-0.4, -0.2) is 47.9 Å². The Balaban J connectivity index is 1.78. The SMILES string of the molecule is CN1CCC(N2C(=O)NC(c3ccccc3)(c3ccccc3)C2=O)CC1. The Bertz CT molecular complexity index is 759. The minimum Gasteiger partial charge on any atom is -0.315 e. The van der Waals surface area contributed by atoms with Crippen molar-refractivity contribution in [3.8, 4) is 0 Å². The molecule has 0 aromatic heterocycles. The molecule has 2 aromatic rings. The fourth-order valence-corrected chi connectivity index (χ4v) is 4.07. The normalized spacial score (nSPS) is 21.0. The summed E-state index contributed by atoms with van der Waals surface area (Å²) in [5.74, 6) is -0.172. The number of likely N-dealkylation sites (tertiary alicyclic amines) is 1. The van der Waals surface area contributed by atoms with E-state index in [1.165, 1.54) is 4.90 Å². The number of nitrogens with one attached hydrogen (secondary N) is 1. The Labute approximate surface area is 153 Å². The molecule has 0 atom stereocenters. The zero-order valence-corrected chi connectivity index (χ0v) is 14.9. The molecule has 0 bridgehead atoms. The molecule has 5 nitrogen and oxygen atoms in total. The fraction of sp³-hybridized carbons (Fsp3) is 0.333. The van der Waals surface area contributed by atoms with Crippen LogP contribution in [0, 0.1) is 0 Å². The Hall–Kier alpha value is -2.66. The van der Waals surface area contributed by atoms with E-state index in [2.05, 4.69) is 17.3 Å². The van der Waals surface area contributed by atoms with E-state index in [-0.39, 0.29) is 18.0 Å². The molecule has 2 heterocycles. The van der Waals surface area contributed by atoms with Gasteiger partial charge in [0, 0.05) is 6.04 Å². The van der Waals surface area contributed by atoms with Crippen LogP contribution >= 0.6 is 0 Å². The van der Waals surface area contributed by atoms with Crippen molar-refractivity contribution in [2.45, 2.75) is 24.4 Å². The predicted molar refractivity (Wildman–Crippen MR) is 99.6 cm³/mol. The quantitative estimate of drug-likeness (QED) is 0.867. The molecule has 4 rings (SSSR count). The Kier molecular flexibility index (Phi) is 4.24. The molecule has 2 aromatic carbocycles. The van der Waals surface area contributed by atoms with Gasteiger partial charge in [-0.1, -0.05) is 60.7 Å². The summed E-state index contributed by atoms with van der Waals surface area (Å²) in [5, 5.41) is 3.03. The lowest BCUT2D eigenvalue weighted by Gasteiger charge is -2.34. The molecule has 2 saturated heterocycles. The Morgan fingerprint density at radius 3 is 1.88 bits per heavy atom. The van der Waals surface area contributed by atoms with Crippen LogP contribution in [0.1, 0.15) is 24.0 Å². The molecule has 0 saturated carbocycles. The number of imide groups is 1. The van der Waals surface area contributed by atoms with E-state index in [1.807, 2.05) is 60.7 Å². The van der Waals surface area contributed by atoms with Gasteiger partial charge in [0.15, 0.2) is 5.54 Å². The van der Waals surface area contributed by atoms with E-state index in [1.54, 1.807) is 0 Å². The molecule has 134 valence electrons. The molecular weight excluding hydrogens is 326 g/mol. The zero-order chi connectivity index (χ0) is 18.1. The summed E-state index contributed by atoms with van der Waals surface area (Å²) in [6.45, 7) is 1.79. The molecule has 2 fully saturated rings. The van der Waals surface area contributed by atoms with Gasteiger partial charge in [0.1, 0.15) is 0 Å². The number of amides is 3. The summed E-state index contributed by atoms with van der Waals surface area (Å²) in [5.41, 5.74) is 0.433. The van der Waals surface area contributed by atoms with Crippen LogP contribution in [0.15, 0.2) is 60.7 Å². The van der Waals surface area contributed by atoms with Crippen LogP contribution in [0.3, 0.4) is 0 Å². The summed E-state index contributed by atoms with van der Waals surface area (Å²) in [6, 6.07) is 18.7. The van der Waals surface area contributed by atoms with Crippen LogP contribution in [0.4, 0.5) is 4.79 Å². The number of carbonyl (C=O) groups excluding carboxylic acids is 2. The fourth-order valence-electron chi connectivity index (χ4n) is 4.07. The van der Waals surface area contributed by atoms with Crippen molar-refractivity contribution in [3.63, 3.8) is 0 Å². The molecular formula is C21H23N3O2. The third-order valence-corrected chi connectivity index (χ3v) is 5.52. The van der Waals surface area contributed by atoms with Gasteiger partial charge in [-0.15, -0.1) is 0 Å². The van der Waals surface area contributed by atoms with E-state index in [9.17, 15) is 9.59 Å². The standard InChI is InChI=1S/C21H23N3O2/c1-23-14-12-18(13-15-23)24-19(25)21(22-20(24)26,16-8-4-2-5-9-16)17-10-6-3-7-11-17/h2-11,18H,12-15H2,1H3,(H,22,26). The van der Waals surface area contributed by atoms with Crippen molar-refractivity contribution >= 4 is 11.9 Å². The van der Waals surface area contributed by atoms with Gasteiger partial charge in [0.05, 0.1) is 0 Å². The first-order valence-corrected chi connectivity index (χ1v) is 9.08. The number of nitrogens with zero attached hydrogens (tertiary/aromatic N) is 2. The third-order valence-electron chi connectivity index (χ3n) is 5.52. The second kappa shape index (κ2) is 6.57. The van der Waals surface area contributed by atoms with Gasteiger partial charge < -0.3 is 10.2 Å². The molecule has 0 unspecified atom stereocenters. The van der Waals surface area contributed by atoms with E-state index >= 15 is 0 Å². The molecule has 0 radical (unpaired) electrons. The highest BCUT2D eigenvalue weighted by Gasteiger charge is 2.55. The molecule has 2 aliphatic heterocycles. The van der Waals surface area contributed by atoms with Crippen LogP contribution in [0.25, 0.3) is 0 Å². The van der Waals surface area contributed by atoms with E-state index in [0.29, 0.717) is 0 Å². The van der Waals surface area contributed by atoms with Crippen LogP contribution < -0.4 is 5.32 Å². The predicted octanol–water partition coefficient (Wildman–Crippen LogP) is 2.58. The van der Waals surface area contributed by atoms with E-state index in [0.717, 1.165) is 37.1 Å². The molecule has 3 amide bonds. The van der Waals surface area contributed by atoms with E-state index < -0.39 is 5.54 Å². The minimum absolute atomic E-state index is 0.0481. The van der Waals surface area contributed by atoms with Crippen molar-refractivity contribution < 1.29 is 9.59 Å². The molecule has 0 aliphatic carbocycles. The lowest BCUT2D eigenvalue weighted by atomic mass is 9.82. The Morgan fingerprint density at radius 1 is 0.885 bits per heavy atom. The highest BCUT2D eigenvalue weighted by atomic mass is 16.2. The number of hydrogen-bond acceptors (Lipinski definition) is 3. The molecule has 5 heteroatoms. The summed E-state index contributed by atoms with van der Waals surface area (Å²) >= 11 is 0. The van der Waals surface area contributed by atoms with Crippen molar-refractivity contribution in [1.82, 2.24) is 15.1 Å². The first-order chi connectivity index (χ1) is 12.6. The van der Waals surface area contributed by atoms with Crippen molar-refractivity contribution in [2.24, 2.45) is 0 Å². The van der Waals surface area contributed by atoms with Crippen LogP contribution in [-0.2, 0) is 10.3 Å². The first-order valence-electron chi connectivity index (χ1n) is 9.08. The van der Waals surface area contributed by atoms with Crippen molar-refractivity contribution in [2.75, 3.05) is 20.1 Å². The second-order valence-electron chi connectivity index (χ2n) is 7.12. The van der Waals surface area contributed by atoms with Crippen molar-refractivity contribution in [1.29, 1.82) is 0 Å². The first kappa shape index (κ1) is 16.8. The van der Waals surface area contributed by atoms with Gasteiger partial charge in [-0.05, 0) is 44.1 Å². The van der Waals surface area contributed by atoms with Gasteiger partial charge in [-0.2, -0.15) is 0 Å². The third kappa shape index (κ3) is 2.59. The molecule has 26 heavy (non-hydrogen) atoms. The maximum atomic E-state index is 13.6. The lowest BCUT2D eigenvalue weighted by Crippen LogP contribution is -2.49. The maximum absolute atomic E-state index is 13.6. The van der Waals surface area contributed by atoms with Gasteiger partial charge in [-0.25, -0.2) is 4.79 Å². The summed E-state index contributed by atoms with van der Waals surface area (Å²) < 4.78 is 0. The molecule has 2 aliphatic rings. The molecule has 1 N–H and O–H groups in total. The maximum Gasteiger partial charge on any atom is 0.325 e. The number of hydrogen-bond donors (Lipinski definition) is 1. The van der Waals surface area contributed by atoms with Gasteiger partial charge in [0.25, 0.3) is 5.91 Å². The summed E-state index contributed by atoms with van der Waals surface area (Å²) in [6.07, 6.45) is 1.63.